The molecule has 2 amide bonds. The molecule has 4 rings (SSSR count). The van der Waals surface area contributed by atoms with Gasteiger partial charge in [0.2, 0.25) is 5.91 Å². The van der Waals surface area contributed by atoms with Crippen LogP contribution in [0.25, 0.3) is 5.57 Å². The third-order valence-corrected chi connectivity index (χ3v) is 7.17. The van der Waals surface area contributed by atoms with Crippen LogP contribution in [-0.4, -0.2) is 86.0 Å². The topological polar surface area (TPSA) is 101 Å². The number of methoxy groups -OCH3 is 1. The van der Waals surface area contributed by atoms with Gasteiger partial charge in [-0.05, 0) is 48.4 Å². The summed E-state index contributed by atoms with van der Waals surface area (Å²) in [6.45, 7) is 4.49. The molecular formula is C29H37N3O6. The highest BCUT2D eigenvalue weighted by Gasteiger charge is 2.44. The van der Waals surface area contributed by atoms with E-state index in [4.69, 9.17) is 14.2 Å². The van der Waals surface area contributed by atoms with E-state index in [9.17, 15) is 14.7 Å². The molecule has 1 fully saturated rings. The number of para-hydroxylation sites is 1. The first-order valence-corrected chi connectivity index (χ1v) is 13.0. The van der Waals surface area contributed by atoms with Crippen molar-refractivity contribution in [3.63, 3.8) is 0 Å². The highest BCUT2D eigenvalue weighted by Crippen LogP contribution is 2.38. The number of nitrogens with one attached hydrogen (secondary N) is 1. The minimum absolute atomic E-state index is 0.0241. The summed E-state index contributed by atoms with van der Waals surface area (Å²) < 4.78 is 17.0. The zero-order valence-electron chi connectivity index (χ0n) is 22.3. The summed E-state index contributed by atoms with van der Waals surface area (Å²) in [4.78, 5) is 27.5. The second kappa shape index (κ2) is 12.8. The summed E-state index contributed by atoms with van der Waals surface area (Å²) in [5.41, 5.74) is 4.23. The average Bonchev–Trinajstić information content (AvgIpc) is 2.92. The number of ether oxygens (including phenoxy) is 3. The Balaban J connectivity index is 1.36. The van der Waals surface area contributed by atoms with Crippen molar-refractivity contribution in [2.45, 2.75) is 38.5 Å². The molecule has 2 bridgehead atoms. The Labute approximate surface area is 224 Å². The zero-order valence-corrected chi connectivity index (χ0v) is 22.3. The van der Waals surface area contributed by atoms with E-state index in [1.54, 1.807) is 18.9 Å². The number of piperazine rings is 1. The van der Waals surface area contributed by atoms with Crippen LogP contribution in [0, 0.1) is 0 Å². The van der Waals surface area contributed by atoms with Crippen LogP contribution in [0.1, 0.15) is 30.9 Å². The molecule has 2 N–H and O–H groups in total. The molecule has 0 saturated carbocycles. The van der Waals surface area contributed by atoms with E-state index in [-0.39, 0.29) is 18.0 Å². The smallest absolute Gasteiger partial charge is 0.408 e. The third kappa shape index (κ3) is 6.28. The molecule has 0 aromatic heterocycles. The molecule has 2 aliphatic rings. The van der Waals surface area contributed by atoms with Gasteiger partial charge in [0.05, 0.1) is 39.0 Å². The quantitative estimate of drug-likeness (QED) is 0.434. The van der Waals surface area contributed by atoms with Gasteiger partial charge in [-0.3, -0.25) is 9.69 Å². The van der Waals surface area contributed by atoms with Crippen molar-refractivity contribution in [2.75, 3.05) is 47.0 Å². The standard InChI is InChI=1S/C29H37N3O6/c1-20(33)31-17-23-15-25(26(16-30-2)27(18-31)32(23)29(34)35)21-9-11-24(12-10-21)38-14-6-13-37-19-22-7-4-5-8-28(22)36-3/h4-5,7-12,23,27,30H,6,13-19H2,1-3H3,(H,34,35)/t23-,27-/m1/s1. The number of benzene rings is 2. The molecule has 38 heavy (non-hydrogen) atoms. The van der Waals surface area contributed by atoms with E-state index in [1.807, 2.05) is 55.6 Å². The number of hydrogen-bond acceptors (Lipinski definition) is 6. The van der Waals surface area contributed by atoms with Gasteiger partial charge in [-0.2, -0.15) is 0 Å². The van der Waals surface area contributed by atoms with E-state index >= 15 is 0 Å². The Bertz CT molecular complexity index is 1150. The molecular weight excluding hydrogens is 486 g/mol. The van der Waals surface area contributed by atoms with Crippen molar-refractivity contribution >= 4 is 17.6 Å². The van der Waals surface area contributed by atoms with Gasteiger partial charge >= 0.3 is 6.09 Å². The molecule has 2 aromatic carbocycles. The fourth-order valence-electron chi connectivity index (χ4n) is 5.35. The fourth-order valence-corrected chi connectivity index (χ4v) is 5.35. The van der Waals surface area contributed by atoms with Crippen LogP contribution in [0.5, 0.6) is 11.5 Å². The lowest BCUT2D eigenvalue weighted by molar-refractivity contribution is -0.132. The summed E-state index contributed by atoms with van der Waals surface area (Å²) >= 11 is 0. The Hall–Kier alpha value is -3.56. The SMILES string of the molecule is CNCC1=C(c2ccc(OCCCOCc3ccccc3OC)cc2)C[C@@H]2CN(C(C)=O)C[C@H]1N2C(=O)O. The predicted molar refractivity (Wildman–Crippen MR) is 144 cm³/mol. The number of likely N-dealkylation sites (N-methyl/N-ethyl adjacent to an activating group) is 1. The number of hydrogen-bond donors (Lipinski definition) is 2. The van der Waals surface area contributed by atoms with E-state index in [0.29, 0.717) is 45.9 Å². The van der Waals surface area contributed by atoms with E-state index in [1.165, 1.54) is 4.90 Å². The van der Waals surface area contributed by atoms with Crippen molar-refractivity contribution in [1.29, 1.82) is 0 Å². The molecule has 1 saturated heterocycles. The average molecular weight is 524 g/mol. The third-order valence-electron chi connectivity index (χ3n) is 7.17. The molecule has 9 nitrogen and oxygen atoms in total. The predicted octanol–water partition coefficient (Wildman–Crippen LogP) is 3.64. The molecule has 2 heterocycles. The molecule has 0 spiro atoms. The van der Waals surface area contributed by atoms with Gasteiger partial charge in [0, 0.05) is 38.5 Å². The minimum atomic E-state index is -0.938. The van der Waals surface area contributed by atoms with Gasteiger partial charge in [-0.25, -0.2) is 4.79 Å². The number of carboxylic acid groups (broad SMARTS) is 1. The maximum atomic E-state index is 12.1. The lowest BCUT2D eigenvalue weighted by atomic mass is 9.82. The zero-order chi connectivity index (χ0) is 27.1. The van der Waals surface area contributed by atoms with Gasteiger partial charge in [0.15, 0.2) is 0 Å². The second-order valence-corrected chi connectivity index (χ2v) is 9.61. The Morgan fingerprint density at radius 2 is 1.84 bits per heavy atom. The summed E-state index contributed by atoms with van der Waals surface area (Å²) in [6.07, 6.45) is 0.384. The van der Waals surface area contributed by atoms with Gasteiger partial charge in [-0.15, -0.1) is 0 Å². The molecule has 9 heteroatoms. The van der Waals surface area contributed by atoms with Crippen LogP contribution in [0.4, 0.5) is 4.79 Å². The molecule has 2 atom stereocenters. The summed E-state index contributed by atoms with van der Waals surface area (Å²) in [5, 5.41) is 13.1. The van der Waals surface area contributed by atoms with Crippen LogP contribution in [-0.2, 0) is 16.1 Å². The fraction of sp³-hybridized carbons (Fsp3) is 0.448. The molecule has 2 aromatic rings. The molecule has 0 radical (unpaired) electrons. The lowest BCUT2D eigenvalue weighted by Crippen LogP contribution is -2.64. The number of carbonyl (C=O) groups excluding carboxylic acids is 1. The normalized spacial score (nSPS) is 18.9. The van der Waals surface area contributed by atoms with Crippen LogP contribution in [0.15, 0.2) is 54.1 Å². The number of fused-ring (bicyclic) bond motifs is 2. The van der Waals surface area contributed by atoms with Gasteiger partial charge in [-0.1, -0.05) is 30.3 Å². The largest absolute Gasteiger partial charge is 0.496 e. The molecule has 204 valence electrons. The first kappa shape index (κ1) is 27.5. The van der Waals surface area contributed by atoms with Crippen molar-refractivity contribution in [3.05, 3.63) is 65.2 Å². The molecule has 2 aliphatic heterocycles. The van der Waals surface area contributed by atoms with Crippen molar-refractivity contribution in [2.24, 2.45) is 0 Å². The van der Waals surface area contributed by atoms with Crippen molar-refractivity contribution < 1.29 is 28.9 Å². The number of amides is 2. The first-order chi connectivity index (χ1) is 18.4. The van der Waals surface area contributed by atoms with Gasteiger partial charge < -0.3 is 29.5 Å². The number of carbonyl (C=O) groups is 2. The Morgan fingerprint density at radius 1 is 1.08 bits per heavy atom. The lowest BCUT2D eigenvalue weighted by Gasteiger charge is -2.50. The first-order valence-electron chi connectivity index (χ1n) is 13.0. The maximum Gasteiger partial charge on any atom is 0.408 e. The summed E-state index contributed by atoms with van der Waals surface area (Å²) in [7, 11) is 3.51. The highest BCUT2D eigenvalue weighted by atomic mass is 16.5. The van der Waals surface area contributed by atoms with Crippen LogP contribution >= 0.6 is 0 Å². The maximum absolute atomic E-state index is 12.1. The van der Waals surface area contributed by atoms with Gasteiger partial charge in [0.25, 0.3) is 0 Å². The Morgan fingerprint density at radius 3 is 2.53 bits per heavy atom. The highest BCUT2D eigenvalue weighted by molar-refractivity contribution is 5.79. The molecule has 0 unspecified atom stereocenters. The Kier molecular flexibility index (Phi) is 9.25. The second-order valence-electron chi connectivity index (χ2n) is 9.61. The number of nitrogens with zero attached hydrogens (tertiary/aromatic N) is 2. The minimum Gasteiger partial charge on any atom is -0.496 e. The van der Waals surface area contributed by atoms with Crippen molar-refractivity contribution in [1.82, 2.24) is 15.1 Å². The van der Waals surface area contributed by atoms with Crippen molar-refractivity contribution in [3.8, 4) is 11.5 Å². The van der Waals surface area contributed by atoms with E-state index < -0.39 is 6.09 Å². The van der Waals surface area contributed by atoms with E-state index in [0.717, 1.165) is 40.2 Å². The van der Waals surface area contributed by atoms with Crippen LogP contribution < -0.4 is 14.8 Å². The van der Waals surface area contributed by atoms with Gasteiger partial charge in [0.1, 0.15) is 11.5 Å². The number of rotatable bonds is 11. The summed E-state index contributed by atoms with van der Waals surface area (Å²) in [6, 6.07) is 15.2. The monoisotopic (exact) mass is 523 g/mol. The molecule has 0 aliphatic carbocycles. The van der Waals surface area contributed by atoms with Crippen LogP contribution in [0.3, 0.4) is 0 Å². The van der Waals surface area contributed by atoms with Crippen LogP contribution in [0.2, 0.25) is 0 Å². The van der Waals surface area contributed by atoms with E-state index in [2.05, 4.69) is 5.32 Å². The summed E-state index contributed by atoms with van der Waals surface area (Å²) in [5.74, 6) is 1.58.